The molecule has 0 aliphatic heterocycles. The van der Waals surface area contributed by atoms with E-state index >= 15 is 0 Å². The van der Waals surface area contributed by atoms with Gasteiger partial charge in [0.15, 0.2) is 11.4 Å². The zero-order chi connectivity index (χ0) is 17.1. The Hall–Kier alpha value is -3.22. The number of rotatable bonds is 4. The number of ether oxygens (including phenoxy) is 1. The van der Waals surface area contributed by atoms with Gasteiger partial charge in [0, 0.05) is 0 Å². The van der Waals surface area contributed by atoms with Crippen LogP contribution in [-0.4, -0.2) is 22.8 Å². The summed E-state index contributed by atoms with van der Waals surface area (Å²) in [5, 5.41) is 6.59. The molecule has 1 N–H and O–H groups in total. The molecule has 24 heavy (non-hydrogen) atoms. The highest BCUT2D eigenvalue weighted by Crippen LogP contribution is 2.22. The molecule has 1 amide bonds. The Kier molecular flexibility index (Phi) is 4.24. The van der Waals surface area contributed by atoms with Crippen molar-refractivity contribution in [2.24, 2.45) is 0 Å². The molecule has 2 aromatic carbocycles. The van der Waals surface area contributed by atoms with E-state index in [2.05, 4.69) is 10.4 Å². The van der Waals surface area contributed by atoms with Crippen LogP contribution in [0.3, 0.4) is 0 Å². The Morgan fingerprint density at radius 3 is 2.50 bits per heavy atom. The summed E-state index contributed by atoms with van der Waals surface area (Å²) in [6.45, 7) is 0. The number of aromatic nitrogens is 2. The molecule has 0 bridgehead atoms. The van der Waals surface area contributed by atoms with Crippen molar-refractivity contribution in [3.05, 3.63) is 72.1 Å². The van der Waals surface area contributed by atoms with Gasteiger partial charge in [0.25, 0.3) is 5.91 Å². The minimum absolute atomic E-state index is 0.00919. The molecular formula is C17H13F2N3O2. The van der Waals surface area contributed by atoms with Gasteiger partial charge in [0.2, 0.25) is 0 Å². The van der Waals surface area contributed by atoms with E-state index in [0.717, 1.165) is 0 Å². The molecule has 0 unspecified atom stereocenters. The highest BCUT2D eigenvalue weighted by atomic mass is 19.1. The first-order valence-corrected chi connectivity index (χ1v) is 7.04. The molecule has 0 aliphatic rings. The number of carbonyl (C=O) groups excluding carboxylic acids is 1. The van der Waals surface area contributed by atoms with Crippen molar-refractivity contribution in [3.8, 4) is 11.4 Å². The molecule has 1 heterocycles. The molecule has 3 rings (SSSR count). The van der Waals surface area contributed by atoms with Crippen molar-refractivity contribution in [3.63, 3.8) is 0 Å². The predicted octanol–water partition coefficient (Wildman–Crippen LogP) is 3.41. The third-order valence-corrected chi connectivity index (χ3v) is 3.33. The smallest absolute Gasteiger partial charge is 0.280 e. The summed E-state index contributed by atoms with van der Waals surface area (Å²) in [7, 11) is 1.39. The van der Waals surface area contributed by atoms with Crippen LogP contribution in [0.1, 0.15) is 10.5 Å². The van der Waals surface area contributed by atoms with Crippen LogP contribution in [0.2, 0.25) is 0 Å². The molecule has 7 heteroatoms. The summed E-state index contributed by atoms with van der Waals surface area (Å²) >= 11 is 0. The molecule has 0 radical (unpaired) electrons. The second-order valence-corrected chi connectivity index (χ2v) is 4.90. The lowest BCUT2D eigenvalue weighted by Crippen LogP contribution is -2.15. The number of methoxy groups -OCH3 is 1. The lowest BCUT2D eigenvalue weighted by atomic mass is 10.3. The molecule has 122 valence electrons. The first-order chi connectivity index (χ1) is 11.6. The first kappa shape index (κ1) is 15.7. The maximum Gasteiger partial charge on any atom is 0.280 e. The first-order valence-electron chi connectivity index (χ1n) is 7.04. The number of halogens is 2. The average molecular weight is 329 g/mol. The lowest BCUT2D eigenvalue weighted by Gasteiger charge is -2.05. The van der Waals surface area contributed by atoms with Crippen molar-refractivity contribution in [1.82, 2.24) is 9.78 Å². The van der Waals surface area contributed by atoms with Gasteiger partial charge >= 0.3 is 0 Å². The van der Waals surface area contributed by atoms with Crippen LogP contribution in [0.4, 0.5) is 14.5 Å². The Morgan fingerprint density at radius 2 is 1.83 bits per heavy atom. The number of carbonyl (C=O) groups is 1. The van der Waals surface area contributed by atoms with Crippen LogP contribution < -0.4 is 10.1 Å². The maximum absolute atomic E-state index is 13.6. The minimum atomic E-state index is -0.613. The summed E-state index contributed by atoms with van der Waals surface area (Å²) in [6, 6.07) is 11.4. The second kappa shape index (κ2) is 6.49. The summed E-state index contributed by atoms with van der Waals surface area (Å²) in [6.07, 6.45) is 1.49. The molecule has 0 saturated heterocycles. The molecule has 3 aromatic rings. The molecule has 5 nitrogen and oxygen atoms in total. The van der Waals surface area contributed by atoms with E-state index in [1.807, 2.05) is 0 Å². The van der Waals surface area contributed by atoms with Crippen molar-refractivity contribution in [2.45, 2.75) is 0 Å². The van der Waals surface area contributed by atoms with Gasteiger partial charge in [-0.2, -0.15) is 5.10 Å². The SMILES string of the molecule is COc1cn(-c2ccc(F)cc2)nc1C(=O)Nc1ccccc1F. The Balaban J connectivity index is 1.91. The van der Waals surface area contributed by atoms with Crippen LogP contribution >= 0.6 is 0 Å². The number of amides is 1. The fourth-order valence-corrected chi connectivity index (χ4v) is 2.13. The Labute approximate surface area is 136 Å². The van der Waals surface area contributed by atoms with E-state index in [1.165, 1.54) is 60.5 Å². The third kappa shape index (κ3) is 3.10. The van der Waals surface area contributed by atoms with Gasteiger partial charge < -0.3 is 10.1 Å². The van der Waals surface area contributed by atoms with Crippen molar-refractivity contribution in [1.29, 1.82) is 0 Å². The number of hydrogen-bond donors (Lipinski definition) is 1. The Morgan fingerprint density at radius 1 is 1.12 bits per heavy atom. The van der Waals surface area contributed by atoms with Crippen LogP contribution in [0.15, 0.2) is 54.7 Å². The van der Waals surface area contributed by atoms with Gasteiger partial charge in [-0.05, 0) is 36.4 Å². The Bertz CT molecular complexity index is 876. The van der Waals surface area contributed by atoms with Gasteiger partial charge in [-0.15, -0.1) is 0 Å². The van der Waals surface area contributed by atoms with Crippen molar-refractivity contribution >= 4 is 11.6 Å². The molecule has 0 atom stereocenters. The summed E-state index contributed by atoms with van der Waals surface area (Å²) < 4.78 is 33.2. The fraction of sp³-hybridized carbons (Fsp3) is 0.0588. The molecule has 1 aromatic heterocycles. The number of anilines is 1. The lowest BCUT2D eigenvalue weighted by molar-refractivity contribution is 0.101. The van der Waals surface area contributed by atoms with Gasteiger partial charge in [0.1, 0.15) is 11.6 Å². The highest BCUT2D eigenvalue weighted by Gasteiger charge is 2.19. The van der Waals surface area contributed by atoms with Gasteiger partial charge in [-0.3, -0.25) is 4.79 Å². The van der Waals surface area contributed by atoms with Gasteiger partial charge in [-0.1, -0.05) is 12.1 Å². The third-order valence-electron chi connectivity index (χ3n) is 3.33. The molecule has 0 saturated carbocycles. The topological polar surface area (TPSA) is 56.2 Å². The minimum Gasteiger partial charge on any atom is -0.493 e. The monoisotopic (exact) mass is 329 g/mol. The molecule has 0 spiro atoms. The molecule has 0 aliphatic carbocycles. The number of hydrogen-bond acceptors (Lipinski definition) is 3. The quantitative estimate of drug-likeness (QED) is 0.798. The predicted molar refractivity (Wildman–Crippen MR) is 84.4 cm³/mol. The standard InChI is InChI=1S/C17H13F2N3O2/c1-24-15-10-22(12-8-6-11(18)7-9-12)21-16(15)17(23)20-14-5-3-2-4-13(14)19/h2-10H,1H3,(H,20,23). The van der Waals surface area contributed by atoms with E-state index in [4.69, 9.17) is 4.74 Å². The zero-order valence-electron chi connectivity index (χ0n) is 12.7. The largest absolute Gasteiger partial charge is 0.493 e. The fourth-order valence-electron chi connectivity index (χ4n) is 2.13. The summed E-state index contributed by atoms with van der Waals surface area (Å²) in [5.74, 6) is -1.33. The number of para-hydroxylation sites is 1. The maximum atomic E-state index is 13.6. The van der Waals surface area contributed by atoms with Crippen molar-refractivity contribution in [2.75, 3.05) is 12.4 Å². The van der Waals surface area contributed by atoms with Crippen LogP contribution in [0.25, 0.3) is 5.69 Å². The highest BCUT2D eigenvalue weighted by molar-refractivity contribution is 6.04. The normalized spacial score (nSPS) is 10.5. The number of nitrogens with one attached hydrogen (secondary N) is 1. The molecule has 0 fully saturated rings. The van der Waals surface area contributed by atoms with Crippen LogP contribution in [0.5, 0.6) is 5.75 Å². The second-order valence-electron chi connectivity index (χ2n) is 4.90. The zero-order valence-corrected chi connectivity index (χ0v) is 12.7. The van der Waals surface area contributed by atoms with E-state index < -0.39 is 11.7 Å². The van der Waals surface area contributed by atoms with E-state index in [0.29, 0.717) is 5.69 Å². The summed E-state index contributed by atoms with van der Waals surface area (Å²) in [4.78, 5) is 12.4. The van der Waals surface area contributed by atoms with E-state index in [1.54, 1.807) is 6.07 Å². The number of nitrogens with zero attached hydrogens (tertiary/aromatic N) is 2. The van der Waals surface area contributed by atoms with Gasteiger partial charge in [0.05, 0.1) is 24.7 Å². The van der Waals surface area contributed by atoms with Crippen molar-refractivity contribution < 1.29 is 18.3 Å². The van der Waals surface area contributed by atoms with Gasteiger partial charge in [-0.25, -0.2) is 13.5 Å². The summed E-state index contributed by atoms with van der Waals surface area (Å²) in [5.41, 5.74) is 0.589. The van der Waals surface area contributed by atoms with Crippen LogP contribution in [0, 0.1) is 11.6 Å². The molecular weight excluding hydrogens is 316 g/mol. The average Bonchev–Trinajstić information content (AvgIpc) is 3.02. The van der Waals surface area contributed by atoms with Crippen LogP contribution in [-0.2, 0) is 0 Å². The number of benzene rings is 2. The van der Waals surface area contributed by atoms with E-state index in [9.17, 15) is 13.6 Å². The van der Waals surface area contributed by atoms with E-state index in [-0.39, 0.29) is 22.9 Å².